The smallest absolute Gasteiger partial charge is 0.319 e. The standard InChI is InChI=1S/C40H57N7O6/c1-28(2)35(42-38(50)45(5)6)36(48)44-47(25-31-20-23-34(24-21-31)53-27-32-17-13-10-14-18-32)26-33(22-19-30-15-11-9-12-16-30)41-37(49)40(52,29(3)4)43-39(51)46(7)8/h9-18,20-21,23-24,28-29,33,35,52H,19,22,25-27H2,1-8H3,(H,41,49)(H,42,50)(H,43,51)(H,44,48)/t33-,35-,40+/m0/s1. The third-order valence-corrected chi connectivity index (χ3v) is 8.73. The molecule has 0 aliphatic rings. The second-order valence-electron chi connectivity index (χ2n) is 14.3. The predicted molar refractivity (Wildman–Crippen MR) is 205 cm³/mol. The number of carbonyl (C=O) groups excluding carboxylic acids is 4. The fourth-order valence-corrected chi connectivity index (χ4v) is 5.32. The first-order chi connectivity index (χ1) is 25.1. The van der Waals surface area contributed by atoms with E-state index in [-0.39, 0.29) is 19.0 Å². The van der Waals surface area contributed by atoms with Crippen LogP contribution < -0.4 is 26.1 Å². The molecule has 3 atom stereocenters. The summed E-state index contributed by atoms with van der Waals surface area (Å²) in [6.45, 7) is 7.75. The lowest BCUT2D eigenvalue weighted by Gasteiger charge is -2.36. The molecule has 5 N–H and O–H groups in total. The average molecular weight is 732 g/mol. The van der Waals surface area contributed by atoms with Crippen LogP contribution in [0.2, 0.25) is 0 Å². The molecule has 0 aliphatic heterocycles. The highest BCUT2D eigenvalue weighted by atomic mass is 16.5. The molecular weight excluding hydrogens is 674 g/mol. The van der Waals surface area contributed by atoms with Crippen LogP contribution in [-0.2, 0) is 29.2 Å². The maximum Gasteiger partial charge on any atom is 0.319 e. The van der Waals surface area contributed by atoms with Crippen LogP contribution in [0, 0.1) is 11.8 Å². The van der Waals surface area contributed by atoms with E-state index >= 15 is 0 Å². The zero-order chi connectivity index (χ0) is 39.1. The predicted octanol–water partition coefficient (Wildman–Crippen LogP) is 4.13. The summed E-state index contributed by atoms with van der Waals surface area (Å²) in [7, 11) is 6.24. The van der Waals surface area contributed by atoms with Gasteiger partial charge in [0.05, 0.1) is 0 Å². The minimum Gasteiger partial charge on any atom is -0.489 e. The summed E-state index contributed by atoms with van der Waals surface area (Å²) in [5.74, 6) is -1.43. The van der Waals surface area contributed by atoms with Gasteiger partial charge >= 0.3 is 12.1 Å². The van der Waals surface area contributed by atoms with E-state index in [1.54, 1.807) is 33.0 Å². The zero-order valence-electron chi connectivity index (χ0n) is 32.3. The van der Waals surface area contributed by atoms with Crippen LogP contribution in [0.3, 0.4) is 0 Å². The van der Waals surface area contributed by atoms with Crippen molar-refractivity contribution in [1.82, 2.24) is 36.2 Å². The normalized spacial score (nSPS) is 13.4. The summed E-state index contributed by atoms with van der Waals surface area (Å²) in [5.41, 5.74) is 3.72. The molecule has 0 aliphatic carbocycles. The Morgan fingerprint density at radius 1 is 0.736 bits per heavy atom. The summed E-state index contributed by atoms with van der Waals surface area (Å²) in [6.07, 6.45) is 1.02. The minimum absolute atomic E-state index is 0.124. The minimum atomic E-state index is -2.21. The molecule has 0 saturated heterocycles. The average Bonchev–Trinajstić information content (AvgIpc) is 3.12. The molecule has 0 aromatic heterocycles. The Morgan fingerprint density at radius 3 is 1.83 bits per heavy atom. The maximum absolute atomic E-state index is 13.9. The van der Waals surface area contributed by atoms with Crippen molar-refractivity contribution in [3.63, 3.8) is 0 Å². The quantitative estimate of drug-likeness (QED) is 0.0974. The molecular formula is C40H57N7O6. The summed E-state index contributed by atoms with van der Waals surface area (Å²) >= 11 is 0. The number of amides is 6. The van der Waals surface area contributed by atoms with Crippen LogP contribution in [0.1, 0.15) is 50.8 Å². The first-order valence-electron chi connectivity index (χ1n) is 17.9. The number of benzene rings is 3. The topological polar surface area (TPSA) is 156 Å². The van der Waals surface area contributed by atoms with Crippen molar-refractivity contribution in [1.29, 1.82) is 0 Å². The van der Waals surface area contributed by atoms with E-state index in [9.17, 15) is 24.3 Å². The van der Waals surface area contributed by atoms with E-state index in [4.69, 9.17) is 4.74 Å². The lowest BCUT2D eigenvalue weighted by atomic mass is 9.97. The van der Waals surface area contributed by atoms with Gasteiger partial charge in [0.15, 0.2) is 0 Å². The highest BCUT2D eigenvalue weighted by molar-refractivity contribution is 5.90. The van der Waals surface area contributed by atoms with E-state index in [1.165, 1.54) is 23.9 Å². The number of hydrogen-bond donors (Lipinski definition) is 5. The number of aryl methyl sites for hydroxylation is 1. The van der Waals surface area contributed by atoms with Crippen LogP contribution in [0.5, 0.6) is 5.75 Å². The van der Waals surface area contributed by atoms with Crippen molar-refractivity contribution >= 4 is 23.9 Å². The van der Waals surface area contributed by atoms with Gasteiger partial charge in [0.1, 0.15) is 18.4 Å². The number of rotatable bonds is 18. The molecule has 288 valence electrons. The van der Waals surface area contributed by atoms with Gasteiger partial charge in [-0.25, -0.2) is 14.6 Å². The number of nitrogens with one attached hydrogen (secondary N) is 4. The van der Waals surface area contributed by atoms with Gasteiger partial charge in [-0.3, -0.25) is 15.0 Å². The fourth-order valence-electron chi connectivity index (χ4n) is 5.32. The van der Waals surface area contributed by atoms with Crippen molar-refractivity contribution in [3.8, 4) is 5.75 Å². The maximum atomic E-state index is 13.9. The number of nitrogens with zero attached hydrogens (tertiary/aromatic N) is 3. The highest BCUT2D eigenvalue weighted by Crippen LogP contribution is 2.18. The van der Waals surface area contributed by atoms with E-state index in [0.717, 1.165) is 16.7 Å². The van der Waals surface area contributed by atoms with Gasteiger partial charge in [-0.1, -0.05) is 100 Å². The first-order valence-corrected chi connectivity index (χ1v) is 17.9. The molecule has 3 aromatic rings. The van der Waals surface area contributed by atoms with E-state index in [0.29, 0.717) is 25.2 Å². The molecule has 0 radical (unpaired) electrons. The third-order valence-electron chi connectivity index (χ3n) is 8.73. The van der Waals surface area contributed by atoms with Gasteiger partial charge in [-0.2, -0.15) is 0 Å². The fraction of sp³-hybridized carbons (Fsp3) is 0.450. The third kappa shape index (κ3) is 13.4. The Bertz CT molecular complexity index is 1600. The number of ether oxygens (including phenoxy) is 1. The van der Waals surface area contributed by atoms with Crippen LogP contribution in [0.4, 0.5) is 9.59 Å². The second-order valence-corrected chi connectivity index (χ2v) is 14.3. The van der Waals surface area contributed by atoms with Gasteiger partial charge in [0, 0.05) is 53.2 Å². The number of aliphatic hydroxyl groups is 1. The Hall–Kier alpha value is -5.14. The summed E-state index contributed by atoms with van der Waals surface area (Å²) in [6, 6.07) is 24.7. The molecule has 0 spiro atoms. The second kappa shape index (κ2) is 20.2. The van der Waals surface area contributed by atoms with Gasteiger partial charge in [-0.05, 0) is 47.6 Å². The molecule has 0 fully saturated rings. The van der Waals surface area contributed by atoms with Crippen molar-refractivity contribution in [2.45, 2.75) is 71.5 Å². The van der Waals surface area contributed by atoms with Gasteiger partial charge < -0.3 is 35.6 Å². The first kappa shape index (κ1) is 42.3. The molecule has 3 aromatic carbocycles. The molecule has 0 bridgehead atoms. The molecule has 13 heteroatoms. The van der Waals surface area contributed by atoms with E-state index < -0.39 is 47.6 Å². The molecule has 53 heavy (non-hydrogen) atoms. The Kier molecular flexibility index (Phi) is 16.1. The number of urea groups is 2. The Labute approximate surface area is 314 Å². The highest BCUT2D eigenvalue weighted by Gasteiger charge is 2.42. The zero-order valence-corrected chi connectivity index (χ0v) is 32.3. The summed E-state index contributed by atoms with van der Waals surface area (Å²) in [4.78, 5) is 55.5. The molecule has 3 rings (SSSR count). The Balaban J connectivity index is 1.92. The lowest BCUT2D eigenvalue weighted by Crippen LogP contribution is -2.65. The summed E-state index contributed by atoms with van der Waals surface area (Å²) < 4.78 is 5.97. The van der Waals surface area contributed by atoms with Crippen molar-refractivity contribution in [2.24, 2.45) is 11.8 Å². The molecule has 0 saturated carbocycles. The van der Waals surface area contributed by atoms with E-state index in [2.05, 4.69) is 21.4 Å². The van der Waals surface area contributed by atoms with Crippen molar-refractivity contribution < 1.29 is 29.0 Å². The van der Waals surface area contributed by atoms with Crippen LogP contribution in [-0.4, -0.2) is 96.3 Å². The molecule has 13 nitrogen and oxygen atoms in total. The summed E-state index contributed by atoms with van der Waals surface area (Å²) in [5, 5.41) is 21.5. The number of carbonyl (C=O) groups is 4. The molecule has 0 unspecified atom stereocenters. The van der Waals surface area contributed by atoms with Gasteiger partial charge in [-0.15, -0.1) is 0 Å². The van der Waals surface area contributed by atoms with Gasteiger partial charge in [0.2, 0.25) is 5.72 Å². The SMILES string of the molecule is CC(C)[C@H](NC(=O)N(C)C)C(=O)NN(Cc1ccc(OCc2ccccc2)cc1)C[C@H](CCc1ccccc1)NC(=O)[C@@](O)(NC(=O)N(C)C)C(C)C. The van der Waals surface area contributed by atoms with Crippen LogP contribution >= 0.6 is 0 Å². The van der Waals surface area contributed by atoms with Crippen molar-refractivity contribution in [3.05, 3.63) is 102 Å². The molecule has 0 heterocycles. The van der Waals surface area contributed by atoms with Gasteiger partial charge in [0.25, 0.3) is 11.8 Å². The largest absolute Gasteiger partial charge is 0.489 e. The van der Waals surface area contributed by atoms with Crippen molar-refractivity contribution in [2.75, 3.05) is 34.7 Å². The van der Waals surface area contributed by atoms with Crippen LogP contribution in [0.25, 0.3) is 0 Å². The lowest BCUT2D eigenvalue weighted by molar-refractivity contribution is -0.148. The number of hydrazine groups is 1. The van der Waals surface area contributed by atoms with E-state index in [1.807, 2.05) is 98.8 Å². The van der Waals surface area contributed by atoms with Crippen LogP contribution in [0.15, 0.2) is 84.9 Å². The molecule has 6 amide bonds. The Morgan fingerprint density at radius 2 is 1.30 bits per heavy atom. The number of hydrogen-bond acceptors (Lipinski definition) is 7. The monoisotopic (exact) mass is 731 g/mol.